The zero-order valence-electron chi connectivity index (χ0n) is 15.4. The molecule has 1 rings (SSSR count). The van der Waals surface area contributed by atoms with Crippen LogP contribution >= 0.6 is 0 Å². The first-order chi connectivity index (χ1) is 11.2. The maximum atomic E-state index is 5.75. The van der Waals surface area contributed by atoms with Gasteiger partial charge in [-0.3, -0.25) is 4.99 Å². The van der Waals surface area contributed by atoms with Crippen LogP contribution in [0, 0.1) is 0 Å². The van der Waals surface area contributed by atoms with Crippen molar-refractivity contribution >= 4 is 5.96 Å². The molecule has 1 heterocycles. The third-order valence-corrected chi connectivity index (χ3v) is 4.26. The lowest BCUT2D eigenvalue weighted by Gasteiger charge is -2.24. The van der Waals surface area contributed by atoms with Gasteiger partial charge < -0.3 is 25.0 Å². The van der Waals surface area contributed by atoms with Crippen LogP contribution in [-0.4, -0.2) is 76.1 Å². The molecule has 0 saturated carbocycles. The first-order valence-corrected chi connectivity index (χ1v) is 9.09. The van der Waals surface area contributed by atoms with Gasteiger partial charge in [-0.2, -0.15) is 0 Å². The highest BCUT2D eigenvalue weighted by Gasteiger charge is 2.15. The summed E-state index contributed by atoms with van der Waals surface area (Å²) in [6, 6.07) is 0.619. The third-order valence-electron chi connectivity index (χ3n) is 4.26. The molecule has 0 aromatic heterocycles. The Morgan fingerprint density at radius 1 is 1.39 bits per heavy atom. The number of rotatable bonds is 11. The summed E-state index contributed by atoms with van der Waals surface area (Å²) in [6.07, 6.45) is 3.44. The van der Waals surface area contributed by atoms with Gasteiger partial charge in [0.15, 0.2) is 5.96 Å². The fourth-order valence-electron chi connectivity index (χ4n) is 2.37. The lowest BCUT2D eigenvalue weighted by atomic mass is 10.2. The largest absolute Gasteiger partial charge is 0.379 e. The van der Waals surface area contributed by atoms with Gasteiger partial charge in [0, 0.05) is 45.4 Å². The van der Waals surface area contributed by atoms with Crippen LogP contribution in [0.2, 0.25) is 0 Å². The number of nitrogens with one attached hydrogen (secondary N) is 2. The van der Waals surface area contributed by atoms with E-state index < -0.39 is 0 Å². The van der Waals surface area contributed by atoms with Crippen LogP contribution in [0.4, 0.5) is 0 Å². The Bertz CT molecular complexity index is 320. The summed E-state index contributed by atoms with van der Waals surface area (Å²) in [5.41, 5.74) is 0. The van der Waals surface area contributed by atoms with Crippen LogP contribution in [0.5, 0.6) is 0 Å². The summed E-state index contributed by atoms with van der Waals surface area (Å²) in [5, 5.41) is 6.69. The highest BCUT2D eigenvalue weighted by atomic mass is 16.5. The SMILES string of the molecule is CCNC(=NCCCOC1CCOC1)NCCN(C)C(C)CC. The predicted molar refractivity (Wildman–Crippen MR) is 96.2 cm³/mol. The molecule has 1 saturated heterocycles. The lowest BCUT2D eigenvalue weighted by Crippen LogP contribution is -2.42. The molecule has 0 radical (unpaired) electrons. The van der Waals surface area contributed by atoms with Gasteiger partial charge in [-0.25, -0.2) is 0 Å². The minimum atomic E-state index is 0.293. The Balaban J connectivity index is 2.16. The maximum absolute atomic E-state index is 5.75. The van der Waals surface area contributed by atoms with Gasteiger partial charge in [-0.1, -0.05) is 6.92 Å². The van der Waals surface area contributed by atoms with Crippen molar-refractivity contribution in [3.8, 4) is 0 Å². The monoisotopic (exact) mass is 328 g/mol. The molecular weight excluding hydrogens is 292 g/mol. The fourth-order valence-corrected chi connectivity index (χ4v) is 2.37. The standard InChI is InChI=1S/C17H36N4O2/c1-5-15(3)21(4)11-10-20-17(18-6-2)19-9-7-12-23-16-8-13-22-14-16/h15-16H,5-14H2,1-4H3,(H2,18,19,20). The van der Waals surface area contributed by atoms with E-state index in [1.165, 1.54) is 6.42 Å². The highest BCUT2D eigenvalue weighted by molar-refractivity contribution is 5.79. The molecule has 1 fully saturated rings. The highest BCUT2D eigenvalue weighted by Crippen LogP contribution is 2.08. The molecule has 6 nitrogen and oxygen atoms in total. The zero-order chi connectivity index (χ0) is 16.9. The molecule has 23 heavy (non-hydrogen) atoms. The molecule has 2 atom stereocenters. The van der Waals surface area contributed by atoms with Crippen LogP contribution in [0.1, 0.15) is 40.0 Å². The van der Waals surface area contributed by atoms with E-state index in [1.54, 1.807) is 0 Å². The minimum Gasteiger partial charge on any atom is -0.379 e. The summed E-state index contributed by atoms with van der Waals surface area (Å²) in [6.45, 7) is 12.5. The van der Waals surface area contributed by atoms with Crippen LogP contribution in [0.3, 0.4) is 0 Å². The molecule has 0 aromatic rings. The second-order valence-corrected chi connectivity index (χ2v) is 6.14. The first-order valence-electron chi connectivity index (χ1n) is 9.09. The number of likely N-dealkylation sites (N-methyl/N-ethyl adjacent to an activating group) is 1. The van der Waals surface area contributed by atoms with Gasteiger partial charge >= 0.3 is 0 Å². The van der Waals surface area contributed by atoms with Gasteiger partial charge in [0.25, 0.3) is 0 Å². The van der Waals surface area contributed by atoms with E-state index in [4.69, 9.17) is 9.47 Å². The average Bonchev–Trinajstić information content (AvgIpc) is 3.06. The Hall–Kier alpha value is -0.850. The number of hydrogen-bond acceptors (Lipinski definition) is 4. The molecule has 0 bridgehead atoms. The van der Waals surface area contributed by atoms with E-state index in [0.29, 0.717) is 12.1 Å². The lowest BCUT2D eigenvalue weighted by molar-refractivity contribution is 0.0424. The van der Waals surface area contributed by atoms with Gasteiger partial charge in [-0.05, 0) is 40.2 Å². The number of aliphatic imine (C=N–C) groups is 1. The Morgan fingerprint density at radius 2 is 2.22 bits per heavy atom. The first kappa shape index (κ1) is 20.2. The van der Waals surface area contributed by atoms with E-state index in [1.807, 2.05) is 0 Å². The smallest absolute Gasteiger partial charge is 0.191 e. The summed E-state index contributed by atoms with van der Waals surface area (Å²) >= 11 is 0. The van der Waals surface area contributed by atoms with Crippen molar-refractivity contribution in [3.05, 3.63) is 0 Å². The minimum absolute atomic E-state index is 0.293. The molecule has 2 N–H and O–H groups in total. The Kier molecular flexibility index (Phi) is 11.0. The van der Waals surface area contributed by atoms with Crippen molar-refractivity contribution in [3.63, 3.8) is 0 Å². The van der Waals surface area contributed by atoms with Crippen LogP contribution in [-0.2, 0) is 9.47 Å². The average molecular weight is 329 g/mol. The summed E-state index contributed by atoms with van der Waals surface area (Å²) in [4.78, 5) is 6.97. The van der Waals surface area contributed by atoms with Crippen molar-refractivity contribution in [2.24, 2.45) is 4.99 Å². The molecule has 2 unspecified atom stereocenters. The fraction of sp³-hybridized carbons (Fsp3) is 0.941. The number of hydrogen-bond donors (Lipinski definition) is 2. The predicted octanol–water partition coefficient (Wildman–Crippen LogP) is 1.47. The molecule has 0 amide bonds. The van der Waals surface area contributed by atoms with Gasteiger partial charge in [0.05, 0.1) is 12.7 Å². The zero-order valence-corrected chi connectivity index (χ0v) is 15.4. The van der Waals surface area contributed by atoms with Crippen LogP contribution in [0.15, 0.2) is 4.99 Å². The molecule has 1 aliphatic heterocycles. The molecular formula is C17H36N4O2. The molecule has 136 valence electrons. The van der Waals surface area contributed by atoms with Crippen LogP contribution < -0.4 is 10.6 Å². The van der Waals surface area contributed by atoms with E-state index in [0.717, 1.165) is 64.8 Å². The van der Waals surface area contributed by atoms with E-state index in [9.17, 15) is 0 Å². The van der Waals surface area contributed by atoms with Crippen molar-refractivity contribution in [2.45, 2.75) is 52.2 Å². The van der Waals surface area contributed by atoms with Crippen molar-refractivity contribution in [1.82, 2.24) is 15.5 Å². The second-order valence-electron chi connectivity index (χ2n) is 6.14. The van der Waals surface area contributed by atoms with E-state index in [2.05, 4.69) is 48.3 Å². The van der Waals surface area contributed by atoms with Gasteiger partial charge in [0.2, 0.25) is 0 Å². The molecule has 0 spiro atoms. The third kappa shape index (κ3) is 9.13. The molecule has 0 aromatic carbocycles. The van der Waals surface area contributed by atoms with E-state index in [-0.39, 0.29) is 0 Å². The normalized spacial score (nSPS) is 20.0. The molecule has 1 aliphatic rings. The number of nitrogens with zero attached hydrogens (tertiary/aromatic N) is 2. The topological polar surface area (TPSA) is 58.1 Å². The summed E-state index contributed by atoms with van der Waals surface area (Å²) in [7, 11) is 2.17. The Morgan fingerprint density at radius 3 is 2.87 bits per heavy atom. The van der Waals surface area contributed by atoms with Crippen molar-refractivity contribution in [1.29, 1.82) is 0 Å². The Labute approximate surface area is 142 Å². The summed E-state index contributed by atoms with van der Waals surface area (Å²) < 4.78 is 11.1. The van der Waals surface area contributed by atoms with E-state index >= 15 is 0 Å². The van der Waals surface area contributed by atoms with Crippen LogP contribution in [0.25, 0.3) is 0 Å². The number of ether oxygens (including phenoxy) is 2. The van der Waals surface area contributed by atoms with Gasteiger partial charge in [-0.15, -0.1) is 0 Å². The quantitative estimate of drug-likeness (QED) is 0.342. The molecule has 0 aliphatic carbocycles. The van der Waals surface area contributed by atoms with Gasteiger partial charge in [0.1, 0.15) is 0 Å². The number of guanidine groups is 1. The van der Waals surface area contributed by atoms with Crippen molar-refractivity contribution < 1.29 is 9.47 Å². The second kappa shape index (κ2) is 12.6. The summed E-state index contributed by atoms with van der Waals surface area (Å²) in [5.74, 6) is 0.897. The maximum Gasteiger partial charge on any atom is 0.191 e. The molecule has 6 heteroatoms. The van der Waals surface area contributed by atoms with Crippen molar-refractivity contribution in [2.75, 3.05) is 53.0 Å².